The highest BCUT2D eigenvalue weighted by Gasteiger charge is 2.14. The van der Waals surface area contributed by atoms with Crippen molar-refractivity contribution in [3.63, 3.8) is 0 Å². The molecule has 1 atom stereocenters. The summed E-state index contributed by atoms with van der Waals surface area (Å²) in [5.41, 5.74) is 8.16. The topological polar surface area (TPSA) is 56.7 Å². The Bertz CT molecular complexity index is 475. The van der Waals surface area contributed by atoms with Gasteiger partial charge in [-0.05, 0) is 18.9 Å². The molecule has 0 aliphatic heterocycles. The van der Waals surface area contributed by atoms with E-state index in [1.807, 2.05) is 6.07 Å². The molecule has 2 heterocycles. The van der Waals surface area contributed by atoms with E-state index in [1.165, 1.54) is 0 Å². The van der Waals surface area contributed by atoms with Gasteiger partial charge < -0.3 is 10.3 Å². The minimum Gasteiger partial charge on any atom is -0.327 e. The third-order valence-corrected chi connectivity index (χ3v) is 2.80. The van der Waals surface area contributed by atoms with Crippen LogP contribution in [0.1, 0.15) is 38.6 Å². The fraction of sp³-hybridized carbons (Fsp3) is 0.500. The molecule has 0 fully saturated rings. The van der Waals surface area contributed by atoms with Crippen molar-refractivity contribution in [3.05, 3.63) is 24.3 Å². The largest absolute Gasteiger partial charge is 0.327 e. The van der Waals surface area contributed by atoms with Crippen molar-refractivity contribution >= 4 is 11.0 Å². The summed E-state index contributed by atoms with van der Waals surface area (Å²) in [6.07, 6.45) is 5.59. The van der Waals surface area contributed by atoms with Crippen molar-refractivity contribution in [2.75, 3.05) is 0 Å². The highest BCUT2D eigenvalue weighted by Crippen LogP contribution is 2.20. The zero-order valence-electron chi connectivity index (χ0n) is 9.85. The van der Waals surface area contributed by atoms with Crippen LogP contribution in [0.25, 0.3) is 11.0 Å². The molecule has 86 valence electrons. The predicted molar refractivity (Wildman–Crippen MR) is 65.0 cm³/mol. The van der Waals surface area contributed by atoms with Crippen LogP contribution in [-0.2, 0) is 6.54 Å². The van der Waals surface area contributed by atoms with Gasteiger partial charge in [0.25, 0.3) is 0 Å². The predicted octanol–water partition coefficient (Wildman–Crippen LogP) is 2.25. The van der Waals surface area contributed by atoms with Crippen LogP contribution >= 0.6 is 0 Å². The molecule has 4 nitrogen and oxygen atoms in total. The quantitative estimate of drug-likeness (QED) is 0.856. The van der Waals surface area contributed by atoms with Gasteiger partial charge in [0.15, 0.2) is 0 Å². The third kappa shape index (κ3) is 1.80. The van der Waals surface area contributed by atoms with Crippen LogP contribution in [0.3, 0.4) is 0 Å². The van der Waals surface area contributed by atoms with Crippen molar-refractivity contribution in [1.29, 1.82) is 0 Å². The van der Waals surface area contributed by atoms with Gasteiger partial charge in [0.1, 0.15) is 11.3 Å². The van der Waals surface area contributed by atoms with Crippen LogP contribution in [0.15, 0.2) is 18.5 Å². The molecule has 0 bridgehead atoms. The molecule has 2 aromatic rings. The summed E-state index contributed by atoms with van der Waals surface area (Å²) in [6.45, 7) is 5.20. The second-order valence-electron chi connectivity index (χ2n) is 4.00. The van der Waals surface area contributed by atoms with E-state index < -0.39 is 0 Å². The van der Waals surface area contributed by atoms with Gasteiger partial charge in [-0.25, -0.2) is 4.98 Å². The van der Waals surface area contributed by atoms with Crippen LogP contribution in [0, 0.1) is 0 Å². The Balaban J connectivity index is 2.58. The van der Waals surface area contributed by atoms with E-state index in [-0.39, 0.29) is 6.04 Å². The second-order valence-corrected chi connectivity index (χ2v) is 4.00. The van der Waals surface area contributed by atoms with Crippen LogP contribution < -0.4 is 5.73 Å². The van der Waals surface area contributed by atoms with Crippen LogP contribution in [0.4, 0.5) is 0 Å². The Labute approximate surface area is 95.5 Å². The monoisotopic (exact) mass is 218 g/mol. The first-order chi connectivity index (χ1) is 7.77. The van der Waals surface area contributed by atoms with Crippen LogP contribution in [-0.4, -0.2) is 14.5 Å². The number of nitrogens with two attached hydrogens (primary N) is 1. The van der Waals surface area contributed by atoms with E-state index in [0.717, 1.165) is 36.2 Å². The Kier molecular flexibility index (Phi) is 3.19. The molecule has 2 rings (SSSR count). The van der Waals surface area contributed by atoms with E-state index in [4.69, 9.17) is 5.73 Å². The SMILES string of the molecule is CCCn1c(C(N)CC)nc2cnccc21. The zero-order valence-corrected chi connectivity index (χ0v) is 9.85. The first kappa shape index (κ1) is 11.1. The summed E-state index contributed by atoms with van der Waals surface area (Å²) < 4.78 is 2.21. The summed E-state index contributed by atoms with van der Waals surface area (Å²) in [6, 6.07) is 2.02. The first-order valence-electron chi connectivity index (χ1n) is 5.83. The summed E-state index contributed by atoms with van der Waals surface area (Å²) >= 11 is 0. The number of imidazole rings is 1. The highest BCUT2D eigenvalue weighted by molar-refractivity contribution is 5.74. The smallest absolute Gasteiger partial charge is 0.126 e. The fourth-order valence-corrected chi connectivity index (χ4v) is 1.92. The maximum absolute atomic E-state index is 6.09. The average Bonchev–Trinajstić information content (AvgIpc) is 2.68. The lowest BCUT2D eigenvalue weighted by Crippen LogP contribution is -2.15. The standard InChI is InChI=1S/C12H18N4/c1-3-7-16-11-5-6-14-8-10(11)15-12(16)9(13)4-2/h5-6,8-9H,3-4,7,13H2,1-2H3. The molecule has 0 amide bonds. The lowest BCUT2D eigenvalue weighted by atomic mass is 10.2. The maximum atomic E-state index is 6.09. The van der Waals surface area contributed by atoms with Crippen molar-refractivity contribution in [2.45, 2.75) is 39.3 Å². The molecule has 2 N–H and O–H groups in total. The summed E-state index contributed by atoms with van der Waals surface area (Å²) in [5.74, 6) is 0.979. The van der Waals surface area contributed by atoms with Crippen molar-refractivity contribution < 1.29 is 0 Å². The number of pyridine rings is 1. The number of aromatic nitrogens is 3. The van der Waals surface area contributed by atoms with Crippen molar-refractivity contribution in [1.82, 2.24) is 14.5 Å². The van der Waals surface area contributed by atoms with Gasteiger partial charge in [0.2, 0.25) is 0 Å². The number of aryl methyl sites for hydroxylation is 1. The molecule has 0 aliphatic carbocycles. The van der Waals surface area contributed by atoms with E-state index in [0.29, 0.717) is 0 Å². The molecule has 0 saturated carbocycles. The van der Waals surface area contributed by atoms with Crippen LogP contribution in [0.5, 0.6) is 0 Å². The van der Waals surface area contributed by atoms with Crippen molar-refractivity contribution in [3.8, 4) is 0 Å². The fourth-order valence-electron chi connectivity index (χ4n) is 1.92. The van der Waals surface area contributed by atoms with Crippen LogP contribution in [0.2, 0.25) is 0 Å². The number of hydrogen-bond acceptors (Lipinski definition) is 3. The normalized spacial score (nSPS) is 13.2. The second kappa shape index (κ2) is 4.61. The number of fused-ring (bicyclic) bond motifs is 1. The Hall–Kier alpha value is -1.42. The van der Waals surface area contributed by atoms with E-state index in [9.17, 15) is 0 Å². The lowest BCUT2D eigenvalue weighted by Gasteiger charge is -2.12. The molecule has 4 heteroatoms. The molecule has 0 saturated heterocycles. The molecule has 0 aliphatic rings. The number of rotatable bonds is 4. The van der Waals surface area contributed by atoms with Gasteiger partial charge in [-0.2, -0.15) is 0 Å². The average molecular weight is 218 g/mol. The Morgan fingerprint density at radius 3 is 2.94 bits per heavy atom. The minimum absolute atomic E-state index is 0.0129. The summed E-state index contributed by atoms with van der Waals surface area (Å²) in [4.78, 5) is 8.67. The molecule has 0 radical (unpaired) electrons. The molecule has 0 spiro atoms. The zero-order chi connectivity index (χ0) is 11.5. The molecule has 1 unspecified atom stereocenters. The maximum Gasteiger partial charge on any atom is 0.126 e. The molecule has 16 heavy (non-hydrogen) atoms. The van der Waals surface area contributed by atoms with E-state index in [2.05, 4.69) is 28.4 Å². The summed E-state index contributed by atoms with van der Waals surface area (Å²) in [5, 5.41) is 0. The highest BCUT2D eigenvalue weighted by atomic mass is 15.1. The number of hydrogen-bond donors (Lipinski definition) is 1. The molecule has 2 aromatic heterocycles. The summed E-state index contributed by atoms with van der Waals surface area (Å²) in [7, 11) is 0. The molecular weight excluding hydrogens is 200 g/mol. The molecular formula is C12H18N4. The Morgan fingerprint density at radius 1 is 1.44 bits per heavy atom. The van der Waals surface area contributed by atoms with Gasteiger partial charge in [-0.1, -0.05) is 13.8 Å². The Morgan fingerprint density at radius 2 is 2.25 bits per heavy atom. The van der Waals surface area contributed by atoms with E-state index >= 15 is 0 Å². The van der Waals surface area contributed by atoms with Gasteiger partial charge in [0, 0.05) is 12.7 Å². The first-order valence-corrected chi connectivity index (χ1v) is 5.83. The minimum atomic E-state index is 0.0129. The van der Waals surface area contributed by atoms with Crippen molar-refractivity contribution in [2.24, 2.45) is 5.73 Å². The van der Waals surface area contributed by atoms with Gasteiger partial charge in [-0.15, -0.1) is 0 Å². The van der Waals surface area contributed by atoms with Gasteiger partial charge >= 0.3 is 0 Å². The van der Waals surface area contributed by atoms with E-state index in [1.54, 1.807) is 12.4 Å². The number of nitrogens with zero attached hydrogens (tertiary/aromatic N) is 3. The van der Waals surface area contributed by atoms with Gasteiger partial charge in [0.05, 0.1) is 17.8 Å². The van der Waals surface area contributed by atoms with Gasteiger partial charge in [-0.3, -0.25) is 4.98 Å². The third-order valence-electron chi connectivity index (χ3n) is 2.80. The molecule has 0 aromatic carbocycles. The lowest BCUT2D eigenvalue weighted by molar-refractivity contribution is 0.576.